The highest BCUT2D eigenvalue weighted by atomic mass is 35.5. The molecular formula is C8H17ClN2O3. The Hall–Kier alpha value is -0.810. The molecule has 0 aliphatic rings. The number of hydroxylamine groups is 1. The third-order valence-corrected chi connectivity index (χ3v) is 1.54. The number of hydrogen-bond donors (Lipinski definition) is 2. The van der Waals surface area contributed by atoms with Gasteiger partial charge >= 0.3 is 0 Å². The topological polar surface area (TPSA) is 69.6 Å². The molecule has 0 radical (unpaired) electrons. The molecule has 2 N–H and O–H groups in total. The molecule has 0 heterocycles. The van der Waals surface area contributed by atoms with Crippen molar-refractivity contribution in [2.24, 2.45) is 0 Å². The number of carbonyl (C=O) groups excluding carboxylic acids is 2. The van der Waals surface area contributed by atoms with Gasteiger partial charge < -0.3 is 0 Å². The minimum Gasteiger partial charge on any atom is -0.273 e. The van der Waals surface area contributed by atoms with Crippen molar-refractivity contribution in [3.8, 4) is 0 Å². The molecule has 0 aromatic carbocycles. The minimum absolute atomic E-state index is 0. The van der Waals surface area contributed by atoms with E-state index in [9.17, 15) is 9.59 Å². The lowest BCUT2D eigenvalue weighted by atomic mass is 10.2. The fourth-order valence-electron chi connectivity index (χ4n) is 0.788. The Morgan fingerprint density at radius 2 is 1.93 bits per heavy atom. The van der Waals surface area contributed by atoms with Gasteiger partial charge in [-0.2, -0.15) is 0 Å². The van der Waals surface area contributed by atoms with Crippen LogP contribution in [0.5, 0.6) is 0 Å². The molecule has 0 fully saturated rings. The first-order valence-electron chi connectivity index (χ1n) is 4.37. The van der Waals surface area contributed by atoms with Gasteiger partial charge in [-0.3, -0.25) is 14.8 Å². The molecule has 0 aromatic rings. The fourth-order valence-corrected chi connectivity index (χ4v) is 0.788. The Morgan fingerprint density at radius 1 is 1.36 bits per heavy atom. The quantitative estimate of drug-likeness (QED) is 0.429. The van der Waals surface area contributed by atoms with E-state index in [-0.39, 0.29) is 23.5 Å². The third kappa shape index (κ3) is 7.82. The summed E-state index contributed by atoms with van der Waals surface area (Å²) < 4.78 is 0. The molecule has 0 atom stereocenters. The summed E-state index contributed by atoms with van der Waals surface area (Å²) in [7, 11) is 0. The summed E-state index contributed by atoms with van der Waals surface area (Å²) in [6.45, 7) is 3.19. The first-order chi connectivity index (χ1) is 6.07. The first-order valence-corrected chi connectivity index (χ1v) is 4.37. The van der Waals surface area contributed by atoms with E-state index < -0.39 is 5.91 Å². The van der Waals surface area contributed by atoms with E-state index in [0.717, 1.165) is 26.2 Å². The van der Waals surface area contributed by atoms with Crippen LogP contribution in [0.2, 0.25) is 0 Å². The summed E-state index contributed by atoms with van der Waals surface area (Å²) in [5.41, 5.74) is 2.04. The van der Waals surface area contributed by atoms with Gasteiger partial charge in [-0.15, -0.1) is 17.6 Å². The molecule has 14 heavy (non-hydrogen) atoms. The van der Waals surface area contributed by atoms with Crippen molar-refractivity contribution < 1.29 is 14.8 Å². The molecule has 0 aliphatic carbocycles. The monoisotopic (exact) mass is 224 g/mol. The lowest BCUT2D eigenvalue weighted by Gasteiger charge is -2.12. The van der Waals surface area contributed by atoms with E-state index in [4.69, 9.17) is 5.21 Å². The fraction of sp³-hybridized carbons (Fsp3) is 0.750. The Labute approximate surface area is 89.8 Å². The summed E-state index contributed by atoms with van der Waals surface area (Å²) in [5, 5.41) is 9.01. The van der Waals surface area contributed by atoms with Crippen molar-refractivity contribution in [3.63, 3.8) is 0 Å². The van der Waals surface area contributed by atoms with E-state index in [1.807, 2.05) is 12.3 Å². The smallest absolute Gasteiger partial charge is 0.263 e. The minimum atomic E-state index is -0.608. The molecule has 6 heteroatoms. The average molecular weight is 225 g/mol. The zero-order valence-electron chi connectivity index (χ0n) is 8.45. The number of nitrogens with zero attached hydrogens (tertiary/aromatic N) is 1. The van der Waals surface area contributed by atoms with Gasteiger partial charge in [-0.1, -0.05) is 19.8 Å². The summed E-state index contributed by atoms with van der Waals surface area (Å²) in [6.07, 6.45) is 3.11. The van der Waals surface area contributed by atoms with Gasteiger partial charge in [0.15, 0.2) is 0 Å². The number of hydrogen-bond acceptors (Lipinski definition) is 3. The van der Waals surface area contributed by atoms with Gasteiger partial charge in [0.2, 0.25) is 5.91 Å². The van der Waals surface area contributed by atoms with Gasteiger partial charge in [0.1, 0.15) is 0 Å². The molecule has 5 nitrogen and oxygen atoms in total. The van der Waals surface area contributed by atoms with E-state index in [1.165, 1.54) is 0 Å². The van der Waals surface area contributed by atoms with Crippen LogP contribution in [0.15, 0.2) is 0 Å². The van der Waals surface area contributed by atoms with Gasteiger partial charge in [0.25, 0.3) is 5.91 Å². The normalized spacial score (nSPS) is 8.79. The second kappa shape index (κ2) is 8.77. The summed E-state index contributed by atoms with van der Waals surface area (Å²) >= 11 is 0. The van der Waals surface area contributed by atoms with Crippen molar-refractivity contribution in [3.05, 3.63) is 0 Å². The van der Waals surface area contributed by atoms with Crippen LogP contribution >= 0.6 is 12.4 Å². The van der Waals surface area contributed by atoms with E-state index in [2.05, 4.69) is 0 Å². The van der Waals surface area contributed by atoms with Crippen LogP contribution in [0.25, 0.3) is 0 Å². The highest BCUT2D eigenvalue weighted by Gasteiger charge is 2.07. The van der Waals surface area contributed by atoms with E-state index in [1.54, 1.807) is 0 Å². The largest absolute Gasteiger partial charge is 0.273 e. The Bertz CT molecular complexity index is 187. The standard InChI is InChI=1S/C8H16N2O3.ClH/c1-3-4-5-6-8(12)9-10(13)7(2)11;/h13H,3-6H2,1-2H3,(H,9,12);1H. The van der Waals surface area contributed by atoms with E-state index in [0.29, 0.717) is 6.42 Å². The third-order valence-electron chi connectivity index (χ3n) is 1.54. The van der Waals surface area contributed by atoms with Crippen LogP contribution < -0.4 is 5.43 Å². The molecule has 0 bridgehead atoms. The molecule has 2 amide bonds. The van der Waals surface area contributed by atoms with Crippen LogP contribution in [0.4, 0.5) is 0 Å². The lowest BCUT2D eigenvalue weighted by molar-refractivity contribution is -0.181. The van der Waals surface area contributed by atoms with Gasteiger partial charge in [-0.05, 0) is 6.42 Å². The second-order valence-corrected chi connectivity index (χ2v) is 2.82. The van der Waals surface area contributed by atoms with Crippen LogP contribution in [0.1, 0.15) is 39.5 Å². The SMILES string of the molecule is CCCCCC(=O)NN(O)C(C)=O.Cl. The zero-order chi connectivity index (χ0) is 10.3. The molecule has 0 unspecified atom stereocenters. The molecule has 0 aliphatic heterocycles. The molecule has 0 saturated heterocycles. The highest BCUT2D eigenvalue weighted by Crippen LogP contribution is 1.98. The summed E-state index contributed by atoms with van der Waals surface area (Å²) in [4.78, 5) is 21.4. The number of halogens is 1. The summed E-state index contributed by atoms with van der Waals surface area (Å²) in [5.74, 6) is -0.949. The van der Waals surface area contributed by atoms with Gasteiger partial charge in [-0.25, -0.2) is 5.43 Å². The molecule has 0 spiro atoms. The van der Waals surface area contributed by atoms with Gasteiger partial charge in [0, 0.05) is 13.3 Å². The maximum atomic E-state index is 11.0. The number of amides is 2. The highest BCUT2D eigenvalue weighted by molar-refractivity contribution is 5.85. The number of hydrazine groups is 1. The lowest BCUT2D eigenvalue weighted by Crippen LogP contribution is -2.42. The molecule has 0 rings (SSSR count). The van der Waals surface area contributed by atoms with Crippen molar-refractivity contribution in [2.75, 3.05) is 0 Å². The first kappa shape index (κ1) is 15.7. The van der Waals surface area contributed by atoms with Crippen LogP contribution in [-0.4, -0.2) is 22.2 Å². The molecular weight excluding hydrogens is 208 g/mol. The number of unbranched alkanes of at least 4 members (excludes halogenated alkanes) is 2. The average Bonchev–Trinajstić information content (AvgIpc) is 2.04. The molecule has 0 aromatic heterocycles. The predicted octanol–water partition coefficient (Wildman–Crippen LogP) is 1.26. The predicted molar refractivity (Wildman–Crippen MR) is 53.8 cm³/mol. The maximum Gasteiger partial charge on any atom is 0.263 e. The number of carbonyl (C=O) groups is 2. The zero-order valence-corrected chi connectivity index (χ0v) is 9.26. The van der Waals surface area contributed by atoms with Crippen LogP contribution in [0.3, 0.4) is 0 Å². The Morgan fingerprint density at radius 3 is 2.36 bits per heavy atom. The van der Waals surface area contributed by atoms with Crippen molar-refractivity contribution >= 4 is 24.2 Å². The van der Waals surface area contributed by atoms with Crippen LogP contribution in [0, 0.1) is 0 Å². The number of rotatable bonds is 4. The summed E-state index contributed by atoms with van der Waals surface area (Å²) in [6, 6.07) is 0. The molecule has 84 valence electrons. The maximum absolute atomic E-state index is 11.0. The Kier molecular flexibility index (Phi) is 9.81. The van der Waals surface area contributed by atoms with Crippen molar-refractivity contribution in [2.45, 2.75) is 39.5 Å². The van der Waals surface area contributed by atoms with Crippen LogP contribution in [-0.2, 0) is 9.59 Å². The number of nitrogens with one attached hydrogen (secondary N) is 1. The second-order valence-electron chi connectivity index (χ2n) is 2.82. The Balaban J connectivity index is 0. The van der Waals surface area contributed by atoms with Crippen molar-refractivity contribution in [1.82, 2.24) is 10.6 Å². The van der Waals surface area contributed by atoms with Crippen molar-refractivity contribution in [1.29, 1.82) is 0 Å². The molecule has 0 saturated carbocycles. The van der Waals surface area contributed by atoms with Gasteiger partial charge in [0.05, 0.1) is 0 Å². The van der Waals surface area contributed by atoms with E-state index >= 15 is 0 Å².